The third kappa shape index (κ3) is 5.74. The van der Waals surface area contributed by atoms with E-state index in [-0.39, 0.29) is 18.6 Å². The molecule has 2 rings (SSSR count). The second-order valence-corrected chi connectivity index (χ2v) is 6.31. The number of rotatable bonds is 9. The second-order valence-electron chi connectivity index (χ2n) is 6.31. The Balaban J connectivity index is 1.94. The van der Waals surface area contributed by atoms with Crippen molar-refractivity contribution in [2.24, 2.45) is 0 Å². The SMILES string of the molecule is CCOc1ccc(C(=O)OCC(=O)N[C@H](CC)c2ccc(C)cc2)cc1OC. The van der Waals surface area contributed by atoms with E-state index in [0.717, 1.165) is 17.5 Å². The third-order valence-corrected chi connectivity index (χ3v) is 4.26. The van der Waals surface area contributed by atoms with Crippen LogP contribution < -0.4 is 14.8 Å². The maximum atomic E-state index is 12.3. The van der Waals surface area contributed by atoms with Gasteiger partial charge >= 0.3 is 5.97 Å². The maximum Gasteiger partial charge on any atom is 0.338 e. The Morgan fingerprint density at radius 1 is 1.04 bits per heavy atom. The molecule has 0 aliphatic rings. The molecule has 0 aromatic heterocycles. The molecule has 0 unspecified atom stereocenters. The molecule has 28 heavy (non-hydrogen) atoms. The van der Waals surface area contributed by atoms with Gasteiger partial charge in [-0.25, -0.2) is 4.79 Å². The average molecular weight is 385 g/mol. The van der Waals surface area contributed by atoms with Gasteiger partial charge < -0.3 is 19.5 Å². The fourth-order valence-electron chi connectivity index (χ4n) is 2.74. The first-order chi connectivity index (χ1) is 13.5. The van der Waals surface area contributed by atoms with Gasteiger partial charge in [-0.15, -0.1) is 0 Å². The predicted octanol–water partition coefficient (Wildman–Crippen LogP) is 3.83. The molecule has 0 saturated heterocycles. The number of benzene rings is 2. The van der Waals surface area contributed by atoms with Gasteiger partial charge in [0.15, 0.2) is 18.1 Å². The van der Waals surface area contributed by atoms with Gasteiger partial charge in [-0.05, 0) is 44.0 Å². The van der Waals surface area contributed by atoms with Gasteiger partial charge in [0.05, 0.1) is 25.3 Å². The van der Waals surface area contributed by atoms with Crippen LogP contribution in [0.1, 0.15) is 47.8 Å². The van der Waals surface area contributed by atoms with E-state index in [1.54, 1.807) is 12.1 Å². The Morgan fingerprint density at radius 3 is 2.36 bits per heavy atom. The van der Waals surface area contributed by atoms with Crippen LogP contribution in [0, 0.1) is 6.92 Å². The molecule has 1 atom stereocenters. The van der Waals surface area contributed by atoms with E-state index in [2.05, 4.69) is 5.32 Å². The molecule has 0 bridgehead atoms. The monoisotopic (exact) mass is 385 g/mol. The molecule has 1 N–H and O–H groups in total. The van der Waals surface area contributed by atoms with Gasteiger partial charge in [0.2, 0.25) is 0 Å². The number of hydrogen-bond donors (Lipinski definition) is 1. The van der Waals surface area contributed by atoms with Gasteiger partial charge in [0, 0.05) is 0 Å². The smallest absolute Gasteiger partial charge is 0.338 e. The summed E-state index contributed by atoms with van der Waals surface area (Å²) in [5, 5.41) is 2.90. The Morgan fingerprint density at radius 2 is 1.75 bits per heavy atom. The topological polar surface area (TPSA) is 73.9 Å². The number of aryl methyl sites for hydroxylation is 1. The molecule has 0 fully saturated rings. The number of methoxy groups -OCH3 is 1. The van der Waals surface area contributed by atoms with E-state index in [1.165, 1.54) is 13.2 Å². The fourth-order valence-corrected chi connectivity index (χ4v) is 2.74. The van der Waals surface area contributed by atoms with Gasteiger partial charge in [-0.3, -0.25) is 4.79 Å². The first-order valence-electron chi connectivity index (χ1n) is 9.32. The van der Waals surface area contributed by atoms with Crippen LogP contribution in [0.2, 0.25) is 0 Å². The van der Waals surface area contributed by atoms with E-state index in [1.807, 2.05) is 45.0 Å². The molecule has 0 spiro atoms. The minimum absolute atomic E-state index is 0.127. The molecule has 6 heteroatoms. The molecule has 2 aromatic carbocycles. The number of esters is 1. The zero-order chi connectivity index (χ0) is 20.5. The number of carbonyl (C=O) groups is 2. The van der Waals surface area contributed by atoms with Crippen molar-refractivity contribution in [3.05, 3.63) is 59.2 Å². The average Bonchev–Trinajstić information content (AvgIpc) is 2.71. The van der Waals surface area contributed by atoms with Crippen molar-refractivity contribution in [3.8, 4) is 11.5 Å². The summed E-state index contributed by atoms with van der Waals surface area (Å²) in [6.45, 7) is 6.00. The minimum atomic E-state index is -0.597. The predicted molar refractivity (Wildman–Crippen MR) is 107 cm³/mol. The second kappa shape index (κ2) is 10.3. The van der Waals surface area contributed by atoms with Gasteiger partial charge in [0.1, 0.15) is 0 Å². The summed E-state index contributed by atoms with van der Waals surface area (Å²) < 4.78 is 15.8. The molecule has 0 saturated carbocycles. The highest BCUT2D eigenvalue weighted by Crippen LogP contribution is 2.28. The summed E-state index contributed by atoms with van der Waals surface area (Å²) in [6.07, 6.45) is 0.735. The lowest BCUT2D eigenvalue weighted by Crippen LogP contribution is -2.32. The normalized spacial score (nSPS) is 11.4. The zero-order valence-corrected chi connectivity index (χ0v) is 16.8. The number of nitrogens with one attached hydrogen (secondary N) is 1. The van der Waals surface area contributed by atoms with Crippen molar-refractivity contribution in [1.82, 2.24) is 5.32 Å². The highest BCUT2D eigenvalue weighted by atomic mass is 16.5. The first-order valence-corrected chi connectivity index (χ1v) is 9.32. The molecule has 0 aliphatic carbocycles. The van der Waals surface area contributed by atoms with Crippen molar-refractivity contribution in [2.75, 3.05) is 20.3 Å². The van der Waals surface area contributed by atoms with Crippen molar-refractivity contribution < 1.29 is 23.8 Å². The Hall–Kier alpha value is -3.02. The van der Waals surface area contributed by atoms with Crippen molar-refractivity contribution >= 4 is 11.9 Å². The van der Waals surface area contributed by atoms with Crippen molar-refractivity contribution in [2.45, 2.75) is 33.2 Å². The Labute approximate surface area is 165 Å². The molecule has 6 nitrogen and oxygen atoms in total. The van der Waals surface area contributed by atoms with Crippen LogP contribution in [0.15, 0.2) is 42.5 Å². The molecule has 150 valence electrons. The summed E-state index contributed by atoms with van der Waals surface area (Å²) in [5.74, 6) is 0.0351. The number of carbonyl (C=O) groups excluding carboxylic acids is 2. The van der Waals surface area contributed by atoms with Crippen LogP contribution in [0.5, 0.6) is 11.5 Å². The number of ether oxygens (including phenoxy) is 3. The molecular weight excluding hydrogens is 358 g/mol. The highest BCUT2D eigenvalue weighted by Gasteiger charge is 2.16. The van der Waals surface area contributed by atoms with Gasteiger partial charge in [-0.2, -0.15) is 0 Å². The quantitative estimate of drug-likeness (QED) is 0.664. The first kappa shape index (κ1) is 21.3. The van der Waals surface area contributed by atoms with Crippen LogP contribution in [-0.4, -0.2) is 32.2 Å². The zero-order valence-electron chi connectivity index (χ0n) is 16.8. The molecule has 0 radical (unpaired) electrons. The van der Waals surface area contributed by atoms with Crippen LogP contribution in [0.3, 0.4) is 0 Å². The van der Waals surface area contributed by atoms with Crippen LogP contribution in [-0.2, 0) is 9.53 Å². The van der Waals surface area contributed by atoms with Crippen molar-refractivity contribution in [3.63, 3.8) is 0 Å². The fraction of sp³-hybridized carbons (Fsp3) is 0.364. The van der Waals surface area contributed by atoms with E-state index >= 15 is 0 Å². The van der Waals surface area contributed by atoms with E-state index in [0.29, 0.717) is 23.7 Å². The standard InChI is InChI=1S/C22H27NO5/c1-5-18(16-9-7-15(3)8-10-16)23-21(24)14-28-22(25)17-11-12-19(27-6-2)20(13-17)26-4/h7-13,18H,5-6,14H2,1-4H3,(H,23,24)/t18-/m1/s1. The summed E-state index contributed by atoms with van der Waals surface area (Å²) in [6, 6.07) is 12.6. The minimum Gasteiger partial charge on any atom is -0.493 e. The summed E-state index contributed by atoms with van der Waals surface area (Å²) in [4.78, 5) is 24.5. The van der Waals surface area contributed by atoms with Crippen LogP contribution >= 0.6 is 0 Å². The van der Waals surface area contributed by atoms with Crippen LogP contribution in [0.25, 0.3) is 0 Å². The Bertz CT molecular complexity index is 801. The highest BCUT2D eigenvalue weighted by molar-refractivity contribution is 5.92. The summed E-state index contributed by atoms with van der Waals surface area (Å²) in [5.41, 5.74) is 2.47. The summed E-state index contributed by atoms with van der Waals surface area (Å²) in [7, 11) is 1.50. The lowest BCUT2D eigenvalue weighted by atomic mass is 10.0. The molecule has 0 heterocycles. The third-order valence-electron chi connectivity index (χ3n) is 4.26. The molecule has 0 aliphatic heterocycles. The number of amides is 1. The van der Waals surface area contributed by atoms with Gasteiger partial charge in [0.25, 0.3) is 5.91 Å². The molecular formula is C22H27NO5. The van der Waals surface area contributed by atoms with E-state index in [9.17, 15) is 9.59 Å². The van der Waals surface area contributed by atoms with Gasteiger partial charge in [-0.1, -0.05) is 36.8 Å². The largest absolute Gasteiger partial charge is 0.493 e. The summed E-state index contributed by atoms with van der Waals surface area (Å²) >= 11 is 0. The van der Waals surface area contributed by atoms with Crippen molar-refractivity contribution in [1.29, 1.82) is 0 Å². The van der Waals surface area contributed by atoms with E-state index < -0.39 is 5.97 Å². The molecule has 2 aromatic rings. The lowest BCUT2D eigenvalue weighted by Gasteiger charge is -2.18. The maximum absolute atomic E-state index is 12.3. The lowest BCUT2D eigenvalue weighted by molar-refractivity contribution is -0.125. The Kier molecular flexibility index (Phi) is 7.87. The number of hydrogen-bond acceptors (Lipinski definition) is 5. The van der Waals surface area contributed by atoms with E-state index in [4.69, 9.17) is 14.2 Å². The van der Waals surface area contributed by atoms with Crippen LogP contribution in [0.4, 0.5) is 0 Å². The molecule has 1 amide bonds.